The molecule has 0 radical (unpaired) electrons. The van der Waals surface area contributed by atoms with E-state index in [1.165, 1.54) is 0 Å². The minimum absolute atomic E-state index is 0.359. The van der Waals surface area contributed by atoms with Crippen LogP contribution in [0.1, 0.15) is 12.8 Å². The second-order valence-corrected chi connectivity index (χ2v) is 9.23. The summed E-state index contributed by atoms with van der Waals surface area (Å²) in [7, 11) is -3.38. The summed E-state index contributed by atoms with van der Waals surface area (Å²) >= 11 is 0. The Bertz CT molecular complexity index is 1260. The number of nitrogens with zero attached hydrogens (tertiary/aromatic N) is 3. The van der Waals surface area contributed by atoms with E-state index in [9.17, 15) is 8.42 Å². The van der Waals surface area contributed by atoms with Crippen LogP contribution in [0.4, 0.5) is 0 Å². The third kappa shape index (κ3) is 3.24. The average Bonchev–Trinajstić information content (AvgIpc) is 3.44. The fraction of sp³-hybridized carbons (Fsp3) is 0.174. The number of para-hydroxylation sites is 1. The molecule has 1 aliphatic rings. The lowest BCUT2D eigenvalue weighted by Crippen LogP contribution is -2.27. The Hall–Kier alpha value is -2.96. The van der Waals surface area contributed by atoms with Crippen molar-refractivity contribution < 1.29 is 8.42 Å². The van der Waals surface area contributed by atoms with Crippen LogP contribution in [-0.4, -0.2) is 35.4 Å². The number of imidazole rings is 1. The van der Waals surface area contributed by atoms with Crippen LogP contribution in [-0.2, 0) is 10.0 Å². The molecule has 3 aromatic carbocycles. The summed E-state index contributed by atoms with van der Waals surface area (Å²) in [6.07, 6.45) is 3.70. The Morgan fingerprint density at radius 1 is 0.793 bits per heavy atom. The molecular weight excluding hydrogens is 382 g/mol. The van der Waals surface area contributed by atoms with Gasteiger partial charge in [-0.2, -0.15) is 4.31 Å². The van der Waals surface area contributed by atoms with Gasteiger partial charge in [-0.1, -0.05) is 36.4 Å². The molecule has 2 heterocycles. The van der Waals surface area contributed by atoms with Gasteiger partial charge in [0.2, 0.25) is 10.0 Å². The predicted octanol–water partition coefficient (Wildman–Crippen LogP) is 4.48. The number of rotatable bonds is 4. The van der Waals surface area contributed by atoms with Crippen LogP contribution in [0.15, 0.2) is 84.0 Å². The van der Waals surface area contributed by atoms with Gasteiger partial charge in [0.05, 0.1) is 15.9 Å². The van der Waals surface area contributed by atoms with Gasteiger partial charge < -0.3 is 0 Å². The van der Waals surface area contributed by atoms with E-state index in [-0.39, 0.29) is 0 Å². The van der Waals surface area contributed by atoms with E-state index in [1.54, 1.807) is 16.4 Å². The Morgan fingerprint density at radius 2 is 1.48 bits per heavy atom. The molecule has 5 nitrogen and oxygen atoms in total. The fourth-order valence-electron chi connectivity index (χ4n) is 3.88. The van der Waals surface area contributed by atoms with Gasteiger partial charge in [-0.25, -0.2) is 13.4 Å². The summed E-state index contributed by atoms with van der Waals surface area (Å²) in [4.78, 5) is 4.91. The molecule has 1 aromatic heterocycles. The molecular formula is C23H21N3O2S. The first-order valence-corrected chi connectivity index (χ1v) is 11.2. The molecule has 6 heteroatoms. The van der Waals surface area contributed by atoms with Crippen molar-refractivity contribution in [3.63, 3.8) is 0 Å². The van der Waals surface area contributed by atoms with Gasteiger partial charge in [-0.05, 0) is 60.4 Å². The third-order valence-electron chi connectivity index (χ3n) is 5.47. The van der Waals surface area contributed by atoms with E-state index >= 15 is 0 Å². The van der Waals surface area contributed by atoms with E-state index in [0.717, 1.165) is 40.7 Å². The maximum atomic E-state index is 12.7. The van der Waals surface area contributed by atoms with Crippen molar-refractivity contribution in [2.45, 2.75) is 17.7 Å². The quantitative estimate of drug-likeness (QED) is 0.505. The van der Waals surface area contributed by atoms with Gasteiger partial charge >= 0.3 is 0 Å². The maximum Gasteiger partial charge on any atom is 0.243 e. The van der Waals surface area contributed by atoms with Crippen LogP contribution in [0, 0.1) is 0 Å². The van der Waals surface area contributed by atoms with Crippen molar-refractivity contribution in [3.8, 4) is 16.8 Å². The molecule has 1 saturated heterocycles. The Labute approximate surface area is 170 Å². The normalized spacial score (nSPS) is 15.2. The van der Waals surface area contributed by atoms with Crippen LogP contribution >= 0.6 is 0 Å². The molecule has 0 unspecified atom stereocenters. The third-order valence-corrected chi connectivity index (χ3v) is 7.38. The first kappa shape index (κ1) is 18.1. The highest BCUT2D eigenvalue weighted by Gasteiger charge is 2.26. The Kier molecular flexibility index (Phi) is 4.45. The van der Waals surface area contributed by atoms with Crippen molar-refractivity contribution in [2.75, 3.05) is 13.1 Å². The molecule has 0 spiro atoms. The van der Waals surface area contributed by atoms with Crippen molar-refractivity contribution in [3.05, 3.63) is 79.1 Å². The van der Waals surface area contributed by atoms with E-state index in [0.29, 0.717) is 18.0 Å². The van der Waals surface area contributed by atoms with E-state index in [4.69, 9.17) is 0 Å². The van der Waals surface area contributed by atoms with Gasteiger partial charge in [0, 0.05) is 18.8 Å². The molecule has 0 atom stereocenters. The Morgan fingerprint density at radius 3 is 2.21 bits per heavy atom. The smallest absolute Gasteiger partial charge is 0.243 e. The topological polar surface area (TPSA) is 55.2 Å². The van der Waals surface area contributed by atoms with Crippen LogP contribution in [0.5, 0.6) is 0 Å². The molecule has 0 aliphatic carbocycles. The van der Waals surface area contributed by atoms with Crippen molar-refractivity contribution in [1.82, 2.24) is 13.9 Å². The van der Waals surface area contributed by atoms with Gasteiger partial charge in [-0.3, -0.25) is 4.57 Å². The zero-order valence-electron chi connectivity index (χ0n) is 15.9. The summed E-state index contributed by atoms with van der Waals surface area (Å²) in [5.41, 5.74) is 5.00. The largest absolute Gasteiger partial charge is 0.299 e. The van der Waals surface area contributed by atoms with E-state index in [2.05, 4.69) is 27.8 Å². The molecule has 0 saturated carbocycles. The average molecular weight is 404 g/mol. The zero-order chi connectivity index (χ0) is 19.8. The highest BCUT2D eigenvalue weighted by Crippen LogP contribution is 2.28. The lowest BCUT2D eigenvalue weighted by atomic mass is 10.1. The summed E-state index contributed by atoms with van der Waals surface area (Å²) < 4.78 is 29.0. The summed E-state index contributed by atoms with van der Waals surface area (Å²) in [5.74, 6) is 0. The van der Waals surface area contributed by atoms with Crippen LogP contribution in [0.2, 0.25) is 0 Å². The minimum Gasteiger partial charge on any atom is -0.299 e. The second-order valence-electron chi connectivity index (χ2n) is 7.29. The molecule has 29 heavy (non-hydrogen) atoms. The lowest BCUT2D eigenvalue weighted by Gasteiger charge is -2.15. The predicted molar refractivity (Wildman–Crippen MR) is 114 cm³/mol. The number of fused-ring (bicyclic) bond motifs is 1. The monoisotopic (exact) mass is 403 g/mol. The highest BCUT2D eigenvalue weighted by atomic mass is 32.2. The summed E-state index contributed by atoms with van der Waals surface area (Å²) in [6.45, 7) is 1.23. The number of benzene rings is 3. The number of hydrogen-bond acceptors (Lipinski definition) is 3. The van der Waals surface area contributed by atoms with Gasteiger partial charge in [0.15, 0.2) is 0 Å². The number of hydrogen-bond donors (Lipinski definition) is 0. The standard InChI is InChI=1S/C23H21N3O2S/c27-29(28,25-14-4-5-15-25)21-11-8-18(9-12-21)19-10-13-23-22(16-19)24-17-26(23)20-6-2-1-3-7-20/h1-3,6-13,16-17H,4-5,14-15H2. The van der Waals surface area contributed by atoms with Gasteiger partial charge in [0.1, 0.15) is 6.33 Å². The summed E-state index contributed by atoms with van der Waals surface area (Å²) in [5, 5.41) is 0. The van der Waals surface area contributed by atoms with Crippen LogP contribution in [0.25, 0.3) is 27.8 Å². The van der Waals surface area contributed by atoms with Gasteiger partial charge in [0.25, 0.3) is 0 Å². The fourth-order valence-corrected chi connectivity index (χ4v) is 5.40. The van der Waals surface area contributed by atoms with E-state index in [1.807, 2.05) is 48.8 Å². The maximum absolute atomic E-state index is 12.7. The highest BCUT2D eigenvalue weighted by molar-refractivity contribution is 7.89. The molecule has 5 rings (SSSR count). The molecule has 146 valence electrons. The van der Waals surface area contributed by atoms with Crippen molar-refractivity contribution in [2.24, 2.45) is 0 Å². The number of aromatic nitrogens is 2. The molecule has 1 aliphatic heterocycles. The number of sulfonamides is 1. The first-order chi connectivity index (χ1) is 14.1. The lowest BCUT2D eigenvalue weighted by molar-refractivity contribution is 0.477. The molecule has 0 amide bonds. The zero-order valence-corrected chi connectivity index (χ0v) is 16.7. The minimum atomic E-state index is -3.38. The Balaban J connectivity index is 1.47. The van der Waals surface area contributed by atoms with Gasteiger partial charge in [-0.15, -0.1) is 0 Å². The summed E-state index contributed by atoms with van der Waals surface area (Å²) in [6, 6.07) is 23.4. The molecule has 1 fully saturated rings. The van der Waals surface area contributed by atoms with E-state index < -0.39 is 10.0 Å². The first-order valence-electron chi connectivity index (χ1n) is 9.76. The molecule has 0 bridgehead atoms. The SMILES string of the molecule is O=S(=O)(c1ccc(-c2ccc3c(c2)ncn3-c2ccccc2)cc1)N1CCCC1. The van der Waals surface area contributed by atoms with Crippen LogP contribution in [0.3, 0.4) is 0 Å². The molecule has 0 N–H and O–H groups in total. The van der Waals surface area contributed by atoms with Crippen molar-refractivity contribution in [1.29, 1.82) is 0 Å². The van der Waals surface area contributed by atoms with Crippen molar-refractivity contribution >= 4 is 21.1 Å². The second kappa shape index (κ2) is 7.13. The van der Waals surface area contributed by atoms with Crippen LogP contribution < -0.4 is 0 Å². The molecule has 4 aromatic rings.